The largest absolute Gasteiger partial charge is 0.341 e. The molecule has 0 spiro atoms. The zero-order valence-corrected chi connectivity index (χ0v) is 12.7. The Morgan fingerprint density at radius 1 is 1.37 bits per heavy atom. The summed E-state index contributed by atoms with van der Waals surface area (Å²) in [5, 5.41) is 3.29. The van der Waals surface area contributed by atoms with Gasteiger partial charge < -0.3 is 10.2 Å². The Kier molecular flexibility index (Phi) is 4.88. The highest BCUT2D eigenvalue weighted by Crippen LogP contribution is 2.20. The van der Waals surface area contributed by atoms with Crippen molar-refractivity contribution in [2.45, 2.75) is 18.4 Å². The molecule has 1 fully saturated rings. The van der Waals surface area contributed by atoms with Gasteiger partial charge in [0.15, 0.2) is 0 Å². The van der Waals surface area contributed by atoms with E-state index < -0.39 is 0 Å². The van der Waals surface area contributed by atoms with Crippen molar-refractivity contribution in [3.63, 3.8) is 0 Å². The van der Waals surface area contributed by atoms with Gasteiger partial charge in [-0.15, -0.1) is 11.8 Å². The topological polar surface area (TPSA) is 32.3 Å². The first-order valence-corrected chi connectivity index (χ1v) is 7.93. The minimum absolute atomic E-state index is 0.135. The zero-order valence-electron chi connectivity index (χ0n) is 11.8. The third-order valence-electron chi connectivity index (χ3n) is 3.79. The number of hydrogen-bond acceptors (Lipinski definition) is 3. The van der Waals surface area contributed by atoms with Gasteiger partial charge in [0, 0.05) is 25.0 Å². The van der Waals surface area contributed by atoms with Gasteiger partial charge in [-0.1, -0.05) is 19.1 Å². The molecule has 1 aliphatic rings. The average Bonchev–Trinajstić information content (AvgIpc) is 2.85. The first kappa shape index (κ1) is 14.4. The second-order valence-electron chi connectivity index (χ2n) is 5.28. The number of nitrogens with zero attached hydrogens (tertiary/aromatic N) is 1. The van der Waals surface area contributed by atoms with Gasteiger partial charge in [0.2, 0.25) is 5.91 Å². The summed E-state index contributed by atoms with van der Waals surface area (Å²) < 4.78 is 0. The number of nitrogens with one attached hydrogen (secondary N) is 1. The van der Waals surface area contributed by atoms with E-state index in [0.717, 1.165) is 13.1 Å². The van der Waals surface area contributed by atoms with Crippen LogP contribution in [0.2, 0.25) is 0 Å². The Labute approximate surface area is 119 Å². The number of amides is 1. The number of thioether (sulfide) groups is 1. The minimum Gasteiger partial charge on any atom is -0.341 e. The van der Waals surface area contributed by atoms with Crippen LogP contribution >= 0.6 is 11.8 Å². The van der Waals surface area contributed by atoms with Crippen LogP contribution < -0.4 is 5.32 Å². The molecule has 3 nitrogen and oxygen atoms in total. The molecule has 0 saturated carbocycles. The van der Waals surface area contributed by atoms with Crippen molar-refractivity contribution in [1.29, 1.82) is 0 Å². The molecule has 1 aromatic rings. The molecule has 0 radical (unpaired) electrons. The molecular weight excluding hydrogens is 256 g/mol. The van der Waals surface area contributed by atoms with Gasteiger partial charge in [0.25, 0.3) is 0 Å². The van der Waals surface area contributed by atoms with Crippen LogP contribution in [0.4, 0.5) is 0 Å². The summed E-state index contributed by atoms with van der Waals surface area (Å²) in [7, 11) is 1.90. The summed E-state index contributed by atoms with van der Waals surface area (Å²) in [6, 6.07) is 8.42. The Bertz CT molecular complexity index is 432. The summed E-state index contributed by atoms with van der Waals surface area (Å²) in [5.74, 6) is 0.829. The Morgan fingerprint density at radius 2 is 2.05 bits per heavy atom. The van der Waals surface area contributed by atoms with E-state index in [2.05, 4.69) is 42.8 Å². The van der Waals surface area contributed by atoms with Gasteiger partial charge in [-0.05, 0) is 36.4 Å². The third kappa shape index (κ3) is 3.51. The average molecular weight is 278 g/mol. The molecule has 104 valence electrons. The zero-order chi connectivity index (χ0) is 13.8. The van der Waals surface area contributed by atoms with E-state index in [0.29, 0.717) is 12.5 Å². The van der Waals surface area contributed by atoms with Gasteiger partial charge in [-0.25, -0.2) is 0 Å². The van der Waals surface area contributed by atoms with E-state index in [4.69, 9.17) is 0 Å². The van der Waals surface area contributed by atoms with Crippen molar-refractivity contribution in [2.24, 2.45) is 11.8 Å². The van der Waals surface area contributed by atoms with Gasteiger partial charge >= 0.3 is 0 Å². The van der Waals surface area contributed by atoms with Crippen LogP contribution in [0.1, 0.15) is 12.5 Å². The molecule has 0 bridgehead atoms. The summed E-state index contributed by atoms with van der Waals surface area (Å²) >= 11 is 1.73. The lowest BCUT2D eigenvalue weighted by molar-refractivity contribution is -0.135. The van der Waals surface area contributed by atoms with E-state index in [-0.39, 0.29) is 11.8 Å². The van der Waals surface area contributed by atoms with E-state index in [9.17, 15) is 4.79 Å². The highest BCUT2D eigenvalue weighted by atomic mass is 32.2. The monoisotopic (exact) mass is 278 g/mol. The van der Waals surface area contributed by atoms with E-state index >= 15 is 0 Å². The number of carbonyl (C=O) groups is 1. The Morgan fingerprint density at radius 3 is 2.58 bits per heavy atom. The molecule has 0 aromatic heterocycles. The van der Waals surface area contributed by atoms with E-state index in [1.54, 1.807) is 11.8 Å². The van der Waals surface area contributed by atoms with E-state index in [1.165, 1.54) is 10.5 Å². The second kappa shape index (κ2) is 6.44. The molecule has 1 aromatic carbocycles. The summed E-state index contributed by atoms with van der Waals surface area (Å²) in [6.07, 6.45) is 2.07. The molecular formula is C15H22N2OS. The molecule has 2 rings (SSSR count). The van der Waals surface area contributed by atoms with Crippen molar-refractivity contribution in [3.8, 4) is 0 Å². The highest BCUT2D eigenvalue weighted by Gasteiger charge is 2.31. The smallest absolute Gasteiger partial charge is 0.227 e. The normalized spacial score (nSPS) is 22.5. The first-order chi connectivity index (χ1) is 9.11. The fraction of sp³-hybridized carbons (Fsp3) is 0.533. The summed E-state index contributed by atoms with van der Waals surface area (Å²) in [4.78, 5) is 15.5. The lowest BCUT2D eigenvalue weighted by atomic mass is 9.96. The molecule has 1 N–H and O–H groups in total. The first-order valence-electron chi connectivity index (χ1n) is 6.70. The third-order valence-corrected chi connectivity index (χ3v) is 4.53. The fourth-order valence-electron chi connectivity index (χ4n) is 2.51. The van der Waals surface area contributed by atoms with Gasteiger partial charge in [-0.3, -0.25) is 4.79 Å². The molecule has 1 heterocycles. The lowest BCUT2D eigenvalue weighted by Crippen LogP contribution is -2.35. The van der Waals surface area contributed by atoms with Crippen molar-refractivity contribution >= 4 is 17.7 Å². The molecule has 2 atom stereocenters. The van der Waals surface area contributed by atoms with Crippen LogP contribution in [-0.2, 0) is 11.3 Å². The minimum atomic E-state index is 0.135. The number of hydrogen-bond donors (Lipinski definition) is 1. The number of carbonyl (C=O) groups excluding carboxylic acids is 1. The van der Waals surface area contributed by atoms with Crippen molar-refractivity contribution in [2.75, 3.05) is 26.4 Å². The summed E-state index contributed by atoms with van der Waals surface area (Å²) in [6.45, 7) is 4.60. The molecule has 1 amide bonds. The van der Waals surface area contributed by atoms with Crippen molar-refractivity contribution in [1.82, 2.24) is 10.2 Å². The maximum Gasteiger partial charge on any atom is 0.227 e. The van der Waals surface area contributed by atoms with Gasteiger partial charge in [0.05, 0.1) is 5.92 Å². The predicted molar refractivity (Wildman–Crippen MR) is 80.2 cm³/mol. The van der Waals surface area contributed by atoms with Crippen molar-refractivity contribution < 1.29 is 4.79 Å². The van der Waals surface area contributed by atoms with Crippen LogP contribution in [0.25, 0.3) is 0 Å². The van der Waals surface area contributed by atoms with Crippen LogP contribution in [0.15, 0.2) is 29.2 Å². The maximum absolute atomic E-state index is 12.4. The second-order valence-corrected chi connectivity index (χ2v) is 6.16. The lowest BCUT2D eigenvalue weighted by Gasteiger charge is -2.23. The Hall–Kier alpha value is -1.00. The van der Waals surface area contributed by atoms with Crippen LogP contribution in [0.5, 0.6) is 0 Å². The summed E-state index contributed by atoms with van der Waals surface area (Å²) in [5.41, 5.74) is 1.19. The maximum atomic E-state index is 12.4. The Balaban J connectivity index is 1.95. The molecule has 1 saturated heterocycles. The molecule has 0 aliphatic carbocycles. The van der Waals surface area contributed by atoms with Crippen LogP contribution in [0.3, 0.4) is 0 Å². The van der Waals surface area contributed by atoms with Gasteiger partial charge in [0.1, 0.15) is 0 Å². The molecule has 2 unspecified atom stereocenters. The van der Waals surface area contributed by atoms with Crippen LogP contribution in [0, 0.1) is 11.8 Å². The quantitative estimate of drug-likeness (QED) is 0.857. The number of rotatable bonds is 4. The molecule has 4 heteroatoms. The molecule has 1 aliphatic heterocycles. The standard InChI is InChI=1S/C15H22N2OS/c1-11-8-16-9-14(11)15(18)17(2)10-12-4-6-13(19-3)7-5-12/h4-7,11,14,16H,8-10H2,1-3H3. The number of benzene rings is 1. The highest BCUT2D eigenvalue weighted by molar-refractivity contribution is 7.98. The fourth-order valence-corrected chi connectivity index (χ4v) is 2.91. The van der Waals surface area contributed by atoms with Gasteiger partial charge in [-0.2, -0.15) is 0 Å². The van der Waals surface area contributed by atoms with E-state index in [1.807, 2.05) is 11.9 Å². The predicted octanol–water partition coefficient (Wildman–Crippen LogP) is 2.22. The van der Waals surface area contributed by atoms with Crippen molar-refractivity contribution in [3.05, 3.63) is 29.8 Å². The molecule has 19 heavy (non-hydrogen) atoms. The SMILES string of the molecule is CSc1ccc(CN(C)C(=O)C2CNCC2C)cc1. The van der Waals surface area contributed by atoms with Crippen LogP contribution in [-0.4, -0.2) is 37.2 Å².